The number of methoxy groups -OCH3 is 2. The average molecular weight is 291 g/mol. The third-order valence-corrected chi connectivity index (χ3v) is 3.33. The Balaban J connectivity index is 2.50. The molecule has 2 aromatic rings. The molecule has 2 aromatic carbocycles. The third kappa shape index (κ3) is 2.78. The first-order valence-corrected chi connectivity index (χ1v) is 6.47. The van der Waals surface area contributed by atoms with Crippen LogP contribution in [0.3, 0.4) is 0 Å². The lowest BCUT2D eigenvalue weighted by molar-refractivity contribution is 0.103. The molecule has 0 radical (unpaired) electrons. The number of carbonyl (C=O) groups is 1. The number of halogens is 1. The normalized spacial score (nSPS) is 10.2. The molecule has 0 heterocycles. The molecule has 0 aromatic heterocycles. The van der Waals surface area contributed by atoms with E-state index >= 15 is 0 Å². The van der Waals surface area contributed by atoms with E-state index in [-0.39, 0.29) is 5.78 Å². The zero-order valence-electron chi connectivity index (χ0n) is 11.6. The minimum absolute atomic E-state index is 0.121. The van der Waals surface area contributed by atoms with Gasteiger partial charge in [0.2, 0.25) is 0 Å². The molecule has 0 saturated carbocycles. The molecule has 0 bridgehead atoms. The molecule has 4 heteroatoms. The van der Waals surface area contributed by atoms with Crippen LogP contribution < -0.4 is 9.47 Å². The molecule has 3 nitrogen and oxygen atoms in total. The van der Waals surface area contributed by atoms with Crippen molar-refractivity contribution < 1.29 is 14.3 Å². The summed E-state index contributed by atoms with van der Waals surface area (Å²) in [7, 11) is 3.09. The molecule has 0 aliphatic carbocycles. The van der Waals surface area contributed by atoms with E-state index in [0.717, 1.165) is 5.56 Å². The van der Waals surface area contributed by atoms with Gasteiger partial charge in [-0.3, -0.25) is 4.79 Å². The second-order valence-corrected chi connectivity index (χ2v) is 4.79. The van der Waals surface area contributed by atoms with Crippen LogP contribution in [-0.2, 0) is 0 Å². The molecule has 2 rings (SSSR count). The fraction of sp³-hybridized carbons (Fsp3) is 0.188. The van der Waals surface area contributed by atoms with Gasteiger partial charge in [-0.2, -0.15) is 0 Å². The number of aryl methyl sites for hydroxylation is 1. The topological polar surface area (TPSA) is 35.5 Å². The fourth-order valence-corrected chi connectivity index (χ4v) is 2.14. The van der Waals surface area contributed by atoms with Crippen molar-refractivity contribution in [3.05, 3.63) is 58.1 Å². The minimum Gasteiger partial charge on any atom is -0.497 e. The van der Waals surface area contributed by atoms with Gasteiger partial charge < -0.3 is 9.47 Å². The number of ether oxygens (including phenoxy) is 2. The summed E-state index contributed by atoms with van der Waals surface area (Å²) >= 11 is 5.97. The smallest absolute Gasteiger partial charge is 0.197 e. The highest BCUT2D eigenvalue weighted by Gasteiger charge is 2.17. The molecular weight excluding hydrogens is 276 g/mol. The molecule has 0 saturated heterocycles. The van der Waals surface area contributed by atoms with Gasteiger partial charge in [0.25, 0.3) is 0 Å². The summed E-state index contributed by atoms with van der Waals surface area (Å²) in [5.41, 5.74) is 1.93. The highest BCUT2D eigenvalue weighted by molar-refractivity contribution is 6.31. The van der Waals surface area contributed by atoms with Gasteiger partial charge in [-0.1, -0.05) is 17.7 Å². The van der Waals surface area contributed by atoms with E-state index in [0.29, 0.717) is 27.6 Å². The fourth-order valence-electron chi connectivity index (χ4n) is 1.97. The first-order valence-electron chi connectivity index (χ1n) is 6.09. The van der Waals surface area contributed by atoms with Crippen LogP contribution in [0.4, 0.5) is 0 Å². The lowest BCUT2D eigenvalue weighted by Gasteiger charge is -2.11. The van der Waals surface area contributed by atoms with E-state index < -0.39 is 0 Å². The zero-order valence-corrected chi connectivity index (χ0v) is 12.3. The van der Waals surface area contributed by atoms with E-state index in [1.54, 1.807) is 37.4 Å². The monoisotopic (exact) mass is 290 g/mol. The molecule has 0 amide bonds. The van der Waals surface area contributed by atoms with Gasteiger partial charge in [-0.05, 0) is 36.8 Å². The zero-order chi connectivity index (χ0) is 14.7. The van der Waals surface area contributed by atoms with E-state index in [2.05, 4.69) is 0 Å². The maximum absolute atomic E-state index is 12.6. The summed E-state index contributed by atoms with van der Waals surface area (Å²) in [4.78, 5) is 12.6. The number of rotatable bonds is 4. The van der Waals surface area contributed by atoms with Crippen molar-refractivity contribution in [2.45, 2.75) is 6.92 Å². The van der Waals surface area contributed by atoms with E-state index in [9.17, 15) is 4.79 Å². The Labute approximate surface area is 123 Å². The van der Waals surface area contributed by atoms with Crippen molar-refractivity contribution in [2.24, 2.45) is 0 Å². The second kappa shape index (κ2) is 5.97. The Hall–Kier alpha value is -2.00. The average Bonchev–Trinajstić information content (AvgIpc) is 2.48. The first kappa shape index (κ1) is 14.4. The quantitative estimate of drug-likeness (QED) is 0.801. The Bertz CT molecular complexity index is 650. The maximum atomic E-state index is 12.6. The van der Waals surface area contributed by atoms with Gasteiger partial charge in [0.05, 0.1) is 19.8 Å². The Kier molecular flexibility index (Phi) is 4.30. The van der Waals surface area contributed by atoms with Crippen molar-refractivity contribution in [2.75, 3.05) is 14.2 Å². The van der Waals surface area contributed by atoms with Gasteiger partial charge in [-0.25, -0.2) is 0 Å². The summed E-state index contributed by atoms with van der Waals surface area (Å²) in [6.45, 7) is 1.87. The van der Waals surface area contributed by atoms with E-state index in [1.165, 1.54) is 7.11 Å². The molecule has 0 spiro atoms. The molecule has 0 aliphatic rings. The molecule has 104 valence electrons. The van der Waals surface area contributed by atoms with Gasteiger partial charge in [0.1, 0.15) is 11.5 Å². The largest absolute Gasteiger partial charge is 0.497 e. The van der Waals surface area contributed by atoms with Crippen LogP contribution in [0.25, 0.3) is 0 Å². The number of hydrogen-bond donors (Lipinski definition) is 0. The van der Waals surface area contributed by atoms with Crippen LogP contribution in [0.2, 0.25) is 5.02 Å². The van der Waals surface area contributed by atoms with Crippen LogP contribution >= 0.6 is 11.6 Å². The summed E-state index contributed by atoms with van der Waals surface area (Å²) in [6, 6.07) is 10.4. The number of carbonyl (C=O) groups excluding carboxylic acids is 1. The Morgan fingerprint density at radius 3 is 2.40 bits per heavy atom. The van der Waals surface area contributed by atoms with Crippen LogP contribution in [0, 0.1) is 6.92 Å². The Morgan fingerprint density at radius 1 is 1.00 bits per heavy atom. The van der Waals surface area contributed by atoms with Gasteiger partial charge in [0, 0.05) is 16.7 Å². The molecule has 0 fully saturated rings. The lowest BCUT2D eigenvalue weighted by Crippen LogP contribution is -2.06. The number of ketones is 1. The van der Waals surface area contributed by atoms with Crippen molar-refractivity contribution in [3.8, 4) is 11.5 Å². The van der Waals surface area contributed by atoms with Crippen LogP contribution in [0.15, 0.2) is 36.4 Å². The lowest BCUT2D eigenvalue weighted by atomic mass is 9.98. The van der Waals surface area contributed by atoms with Crippen LogP contribution in [-0.4, -0.2) is 20.0 Å². The summed E-state index contributed by atoms with van der Waals surface area (Å²) < 4.78 is 10.4. The molecule has 0 unspecified atom stereocenters. The van der Waals surface area contributed by atoms with Crippen molar-refractivity contribution in [1.82, 2.24) is 0 Å². The standard InChI is InChI=1S/C16H15ClO3/c1-10-4-5-11(17)8-14(10)16(18)13-7-6-12(19-2)9-15(13)20-3/h4-9H,1-3H3. The maximum Gasteiger partial charge on any atom is 0.197 e. The number of benzene rings is 2. The molecular formula is C16H15ClO3. The highest BCUT2D eigenvalue weighted by atomic mass is 35.5. The third-order valence-electron chi connectivity index (χ3n) is 3.10. The minimum atomic E-state index is -0.121. The molecule has 0 aliphatic heterocycles. The van der Waals surface area contributed by atoms with Gasteiger partial charge >= 0.3 is 0 Å². The first-order chi connectivity index (χ1) is 9.56. The molecule has 20 heavy (non-hydrogen) atoms. The molecule has 0 atom stereocenters. The summed E-state index contributed by atoms with van der Waals surface area (Å²) in [5.74, 6) is 0.999. The van der Waals surface area contributed by atoms with Crippen LogP contribution in [0.1, 0.15) is 21.5 Å². The Morgan fingerprint density at radius 2 is 1.75 bits per heavy atom. The predicted molar refractivity (Wildman–Crippen MR) is 79.2 cm³/mol. The SMILES string of the molecule is COc1ccc(C(=O)c2cc(Cl)ccc2C)c(OC)c1. The highest BCUT2D eigenvalue weighted by Crippen LogP contribution is 2.28. The van der Waals surface area contributed by atoms with E-state index in [4.69, 9.17) is 21.1 Å². The summed E-state index contributed by atoms with van der Waals surface area (Å²) in [6.07, 6.45) is 0. The predicted octanol–water partition coefficient (Wildman–Crippen LogP) is 3.90. The van der Waals surface area contributed by atoms with Crippen molar-refractivity contribution >= 4 is 17.4 Å². The van der Waals surface area contributed by atoms with Crippen molar-refractivity contribution in [1.29, 1.82) is 0 Å². The van der Waals surface area contributed by atoms with Gasteiger partial charge in [-0.15, -0.1) is 0 Å². The molecule has 0 N–H and O–H groups in total. The van der Waals surface area contributed by atoms with Crippen molar-refractivity contribution in [3.63, 3.8) is 0 Å². The summed E-state index contributed by atoms with van der Waals surface area (Å²) in [5, 5.41) is 0.534. The van der Waals surface area contributed by atoms with Gasteiger partial charge in [0.15, 0.2) is 5.78 Å². The van der Waals surface area contributed by atoms with Crippen LogP contribution in [0.5, 0.6) is 11.5 Å². The number of hydrogen-bond acceptors (Lipinski definition) is 3. The second-order valence-electron chi connectivity index (χ2n) is 4.35. The van der Waals surface area contributed by atoms with E-state index in [1.807, 2.05) is 13.0 Å².